The van der Waals surface area contributed by atoms with E-state index in [1.54, 1.807) is 12.2 Å². The van der Waals surface area contributed by atoms with Gasteiger partial charge in [0.1, 0.15) is 6.10 Å². The van der Waals surface area contributed by atoms with Gasteiger partial charge in [0.2, 0.25) is 0 Å². The maximum atomic E-state index is 11.8. The summed E-state index contributed by atoms with van der Waals surface area (Å²) in [6.45, 7) is 6.12. The average Bonchev–Trinajstić information content (AvgIpc) is 2.84. The molecule has 128 valence electrons. The normalized spacial score (nSPS) is 46.0. The summed E-state index contributed by atoms with van der Waals surface area (Å²) >= 11 is 0. The molecule has 1 unspecified atom stereocenters. The Labute approximate surface area is 143 Å². The van der Waals surface area contributed by atoms with Gasteiger partial charge in [-0.05, 0) is 61.2 Å². The summed E-state index contributed by atoms with van der Waals surface area (Å²) in [7, 11) is 0. The molecule has 2 fully saturated rings. The van der Waals surface area contributed by atoms with E-state index in [2.05, 4.69) is 32.1 Å². The molecular weight excluding hydrogens is 300 g/mol. The van der Waals surface area contributed by atoms with E-state index in [4.69, 9.17) is 4.74 Å². The van der Waals surface area contributed by atoms with Crippen LogP contribution < -0.4 is 0 Å². The zero-order chi connectivity index (χ0) is 17.1. The third-order valence-electron chi connectivity index (χ3n) is 7.34. The Balaban J connectivity index is 1.68. The van der Waals surface area contributed by atoms with Gasteiger partial charge in [0.05, 0.1) is 0 Å². The van der Waals surface area contributed by atoms with Crippen molar-refractivity contribution in [2.24, 2.45) is 28.6 Å². The Morgan fingerprint density at radius 3 is 2.71 bits per heavy atom. The van der Waals surface area contributed by atoms with Crippen LogP contribution in [0.3, 0.4) is 0 Å². The monoisotopic (exact) mass is 326 g/mol. The highest BCUT2D eigenvalue weighted by molar-refractivity contribution is 6.01. The van der Waals surface area contributed by atoms with E-state index in [-0.39, 0.29) is 28.7 Å². The highest BCUT2D eigenvalue weighted by atomic mass is 16.5. The zero-order valence-corrected chi connectivity index (χ0v) is 14.7. The molecule has 0 aromatic heterocycles. The van der Waals surface area contributed by atoms with Crippen LogP contribution in [0.1, 0.15) is 46.5 Å². The molecule has 0 aliphatic heterocycles. The lowest BCUT2D eigenvalue weighted by molar-refractivity contribution is -0.155. The van der Waals surface area contributed by atoms with E-state index in [1.807, 2.05) is 0 Å². The van der Waals surface area contributed by atoms with Crippen molar-refractivity contribution >= 4 is 11.8 Å². The molecule has 3 nitrogen and oxygen atoms in total. The first-order valence-electron chi connectivity index (χ1n) is 9.15. The molecule has 4 aliphatic carbocycles. The highest BCUT2D eigenvalue weighted by Crippen LogP contribution is 2.63. The van der Waals surface area contributed by atoms with Crippen LogP contribution in [0, 0.1) is 28.6 Å². The number of ether oxygens (including phenoxy) is 1. The van der Waals surface area contributed by atoms with Gasteiger partial charge in [-0.2, -0.15) is 0 Å². The maximum Gasteiger partial charge on any atom is 0.302 e. The summed E-state index contributed by atoms with van der Waals surface area (Å²) in [4.78, 5) is 23.2. The molecule has 4 aliphatic rings. The van der Waals surface area contributed by atoms with E-state index in [0.717, 1.165) is 31.3 Å². The second-order valence-corrected chi connectivity index (χ2v) is 8.49. The van der Waals surface area contributed by atoms with Gasteiger partial charge in [0.25, 0.3) is 0 Å². The topological polar surface area (TPSA) is 43.4 Å². The minimum atomic E-state index is -0.158. The molecule has 0 aromatic carbocycles. The minimum Gasteiger partial charge on any atom is -0.462 e. The Morgan fingerprint density at radius 1 is 1.17 bits per heavy atom. The van der Waals surface area contributed by atoms with E-state index in [0.29, 0.717) is 17.8 Å². The lowest BCUT2D eigenvalue weighted by Crippen LogP contribution is -2.49. The summed E-state index contributed by atoms with van der Waals surface area (Å²) in [5.41, 5.74) is 1.21. The van der Waals surface area contributed by atoms with Crippen LogP contribution in [0.25, 0.3) is 0 Å². The van der Waals surface area contributed by atoms with Crippen LogP contribution in [0.4, 0.5) is 0 Å². The van der Waals surface area contributed by atoms with Crippen LogP contribution in [-0.4, -0.2) is 17.9 Å². The van der Waals surface area contributed by atoms with Gasteiger partial charge < -0.3 is 4.74 Å². The SMILES string of the molecule is CC(=O)OC1CC[C@H]2[C@@H]3C=CC4=CC(=O)C=C[C@]4(C)[C@H]3CC[C@]12C. The van der Waals surface area contributed by atoms with Crippen LogP contribution >= 0.6 is 0 Å². The predicted octanol–water partition coefficient (Wildman–Crippen LogP) is 4.00. The van der Waals surface area contributed by atoms with Crippen molar-refractivity contribution in [2.45, 2.75) is 52.6 Å². The summed E-state index contributed by atoms with van der Waals surface area (Å²) in [5, 5.41) is 0. The number of hydrogen-bond donors (Lipinski definition) is 0. The Bertz CT molecular complexity index is 685. The zero-order valence-electron chi connectivity index (χ0n) is 14.7. The molecule has 0 spiro atoms. The van der Waals surface area contributed by atoms with Gasteiger partial charge in [-0.15, -0.1) is 0 Å². The molecular formula is C21H26O3. The molecule has 24 heavy (non-hydrogen) atoms. The molecule has 2 saturated carbocycles. The van der Waals surface area contributed by atoms with E-state index in [1.165, 1.54) is 6.92 Å². The molecule has 6 atom stereocenters. The third kappa shape index (κ3) is 2.09. The van der Waals surface area contributed by atoms with Gasteiger partial charge in [-0.1, -0.05) is 32.1 Å². The van der Waals surface area contributed by atoms with Crippen molar-refractivity contribution in [3.63, 3.8) is 0 Å². The van der Waals surface area contributed by atoms with Crippen LogP contribution in [0.2, 0.25) is 0 Å². The summed E-state index contributed by atoms with van der Waals surface area (Å²) in [5.74, 6) is 1.54. The molecule has 0 saturated heterocycles. The maximum absolute atomic E-state index is 11.8. The summed E-state index contributed by atoms with van der Waals surface area (Å²) in [6, 6.07) is 0. The Hall–Kier alpha value is -1.64. The number of allylic oxidation sites excluding steroid dienone is 6. The number of carbonyl (C=O) groups is 2. The smallest absolute Gasteiger partial charge is 0.302 e. The predicted molar refractivity (Wildman–Crippen MR) is 92.1 cm³/mol. The van der Waals surface area contributed by atoms with Gasteiger partial charge >= 0.3 is 5.97 Å². The fourth-order valence-electron chi connectivity index (χ4n) is 6.00. The van der Waals surface area contributed by atoms with Crippen molar-refractivity contribution < 1.29 is 14.3 Å². The standard InChI is InChI=1S/C21H26O3/c1-13(22)24-19-7-6-17-16-5-4-14-12-15(23)8-10-20(14,2)18(16)9-11-21(17,19)3/h4-5,8,10,12,16-19H,6-7,9,11H2,1-3H3/t16-,17-,18-,19?,20-,21-/m0/s1. The lowest BCUT2D eigenvalue weighted by atomic mass is 9.50. The van der Waals surface area contributed by atoms with Crippen LogP contribution in [0.15, 0.2) is 36.0 Å². The van der Waals surface area contributed by atoms with Crippen molar-refractivity contribution in [2.75, 3.05) is 0 Å². The van der Waals surface area contributed by atoms with Crippen LogP contribution in [0.5, 0.6) is 0 Å². The van der Waals surface area contributed by atoms with E-state index in [9.17, 15) is 9.59 Å². The van der Waals surface area contributed by atoms with Gasteiger partial charge in [-0.3, -0.25) is 9.59 Å². The number of ketones is 1. The average molecular weight is 326 g/mol. The Morgan fingerprint density at radius 2 is 1.96 bits per heavy atom. The first-order valence-corrected chi connectivity index (χ1v) is 9.15. The van der Waals surface area contributed by atoms with E-state index >= 15 is 0 Å². The first-order chi connectivity index (χ1) is 11.3. The fraction of sp³-hybridized carbons (Fsp3) is 0.619. The van der Waals surface area contributed by atoms with Crippen molar-refractivity contribution in [3.05, 3.63) is 36.0 Å². The largest absolute Gasteiger partial charge is 0.462 e. The molecule has 0 heterocycles. The fourth-order valence-corrected chi connectivity index (χ4v) is 6.00. The minimum absolute atomic E-state index is 0.0336. The van der Waals surface area contributed by atoms with Crippen LogP contribution in [-0.2, 0) is 14.3 Å². The molecule has 0 aromatic rings. The highest BCUT2D eigenvalue weighted by Gasteiger charge is 2.58. The Kier molecular flexibility index (Phi) is 3.42. The number of hydrogen-bond acceptors (Lipinski definition) is 3. The first kappa shape index (κ1) is 15.9. The molecule has 0 amide bonds. The lowest BCUT2D eigenvalue weighted by Gasteiger charge is -2.54. The molecule has 3 heteroatoms. The number of carbonyl (C=O) groups excluding carboxylic acids is 2. The van der Waals surface area contributed by atoms with Crippen molar-refractivity contribution in [1.82, 2.24) is 0 Å². The summed E-state index contributed by atoms with van der Waals surface area (Å²) < 4.78 is 5.68. The third-order valence-corrected chi connectivity index (χ3v) is 7.34. The number of fused-ring (bicyclic) bond motifs is 5. The number of esters is 1. The second-order valence-electron chi connectivity index (χ2n) is 8.49. The quantitative estimate of drug-likeness (QED) is 0.684. The molecule has 4 rings (SSSR count). The van der Waals surface area contributed by atoms with E-state index < -0.39 is 0 Å². The van der Waals surface area contributed by atoms with Gasteiger partial charge in [-0.25, -0.2) is 0 Å². The van der Waals surface area contributed by atoms with Gasteiger partial charge in [0, 0.05) is 17.8 Å². The molecule has 0 radical (unpaired) electrons. The second kappa shape index (κ2) is 5.18. The number of rotatable bonds is 1. The molecule has 0 bridgehead atoms. The van der Waals surface area contributed by atoms with Crippen molar-refractivity contribution in [3.8, 4) is 0 Å². The van der Waals surface area contributed by atoms with Crippen molar-refractivity contribution in [1.29, 1.82) is 0 Å². The van der Waals surface area contributed by atoms with Gasteiger partial charge in [0.15, 0.2) is 5.78 Å². The summed E-state index contributed by atoms with van der Waals surface area (Å²) in [6.07, 6.45) is 14.6. The molecule has 0 N–H and O–H groups in total.